The lowest BCUT2D eigenvalue weighted by Crippen LogP contribution is -2.55. The van der Waals surface area contributed by atoms with Crippen LogP contribution in [0.2, 0.25) is 0 Å². The molecule has 0 amide bonds. The van der Waals surface area contributed by atoms with Crippen LogP contribution in [0.25, 0.3) is 22.3 Å². The first-order valence-corrected chi connectivity index (χ1v) is 19.1. The van der Waals surface area contributed by atoms with E-state index in [1.165, 1.54) is 95.4 Å². The average Bonchev–Trinajstić information content (AvgIpc) is 3.39. The van der Waals surface area contributed by atoms with Crippen LogP contribution in [0.15, 0.2) is 115 Å². The van der Waals surface area contributed by atoms with Crippen LogP contribution in [-0.2, 0) is 16.2 Å². The molecule has 1 nitrogen and oxygen atoms in total. The summed E-state index contributed by atoms with van der Waals surface area (Å²) in [6.45, 7) is 9.82. The van der Waals surface area contributed by atoms with Crippen molar-refractivity contribution in [3.63, 3.8) is 0 Å². The molecule has 0 aliphatic heterocycles. The Labute approximate surface area is 293 Å². The first-order chi connectivity index (χ1) is 23.7. The Hall–Kier alpha value is -4.10. The number of hydrogen-bond acceptors (Lipinski definition) is 1. The summed E-state index contributed by atoms with van der Waals surface area (Å²) >= 11 is 0. The molecule has 0 N–H and O–H groups in total. The molecule has 0 aromatic heterocycles. The van der Waals surface area contributed by atoms with Gasteiger partial charge in [-0.2, -0.15) is 0 Å². The summed E-state index contributed by atoms with van der Waals surface area (Å²) in [6.07, 6.45) is 9.52. The summed E-state index contributed by atoms with van der Waals surface area (Å²) in [7, 11) is 0. The Bertz CT molecular complexity index is 2060. The lowest BCUT2D eigenvalue weighted by molar-refractivity contribution is -0.0399. The van der Waals surface area contributed by atoms with E-state index in [1.54, 1.807) is 11.1 Å². The van der Waals surface area contributed by atoms with Crippen LogP contribution in [-0.4, -0.2) is 0 Å². The molecule has 0 saturated heterocycles. The van der Waals surface area contributed by atoms with Crippen molar-refractivity contribution in [3.05, 3.63) is 138 Å². The first-order valence-electron chi connectivity index (χ1n) is 19.1. The van der Waals surface area contributed by atoms with Crippen molar-refractivity contribution in [2.75, 3.05) is 4.90 Å². The van der Waals surface area contributed by atoms with Gasteiger partial charge in [-0.3, -0.25) is 0 Å². The van der Waals surface area contributed by atoms with Gasteiger partial charge in [0.15, 0.2) is 0 Å². The van der Waals surface area contributed by atoms with E-state index < -0.39 is 0 Å². The van der Waals surface area contributed by atoms with Gasteiger partial charge in [-0.1, -0.05) is 107 Å². The van der Waals surface area contributed by atoms with Gasteiger partial charge in [0.1, 0.15) is 0 Å². The number of hydrogen-bond donors (Lipinski definition) is 0. The van der Waals surface area contributed by atoms with Crippen molar-refractivity contribution in [1.82, 2.24) is 0 Å². The number of fused-ring (bicyclic) bond motifs is 4. The molecule has 0 heterocycles. The zero-order valence-corrected chi connectivity index (χ0v) is 29.7. The van der Waals surface area contributed by atoms with E-state index in [0.29, 0.717) is 0 Å². The second-order valence-electron chi connectivity index (χ2n) is 17.7. The molecule has 4 fully saturated rings. The fourth-order valence-corrected chi connectivity index (χ4v) is 12.0. The zero-order chi connectivity index (χ0) is 33.1. The van der Waals surface area contributed by atoms with E-state index in [2.05, 4.69) is 148 Å². The lowest BCUT2D eigenvalue weighted by atomic mass is 9.43. The standard InChI is InChI=1S/C48H49N/c1-46(2)22-23-47(3,4)45-43(46)16-11-17-44(45)49(37-14-9-6-10-15-37)38-19-21-42-40(30-38)39-29-34(33-12-7-5-8-13-33)18-20-41(39)48(42)35-25-31-24-32(27-35)28-36(48)26-31/h5-21,29-32,35-36H,22-28H2,1-4H3. The lowest BCUT2D eigenvalue weighted by Gasteiger charge is -2.61. The predicted octanol–water partition coefficient (Wildman–Crippen LogP) is 12.9. The van der Waals surface area contributed by atoms with E-state index in [1.807, 2.05) is 0 Å². The van der Waals surface area contributed by atoms with Gasteiger partial charge in [0.2, 0.25) is 0 Å². The van der Waals surface area contributed by atoms with Crippen molar-refractivity contribution >= 4 is 17.1 Å². The van der Waals surface area contributed by atoms with Gasteiger partial charge in [-0.15, -0.1) is 0 Å². The molecule has 1 heteroatoms. The number of anilines is 3. The third-order valence-electron chi connectivity index (χ3n) is 14.1. The molecule has 0 unspecified atom stereocenters. The summed E-state index contributed by atoms with van der Waals surface area (Å²) in [5.41, 5.74) is 16.1. The fraction of sp³-hybridized carbons (Fsp3) is 0.375. The third-order valence-corrected chi connectivity index (χ3v) is 14.1. The van der Waals surface area contributed by atoms with Crippen LogP contribution < -0.4 is 4.90 Å². The first kappa shape index (κ1) is 29.8. The Morgan fingerprint density at radius 1 is 0.490 bits per heavy atom. The molecule has 6 aliphatic rings. The van der Waals surface area contributed by atoms with Crippen LogP contribution in [0.4, 0.5) is 17.1 Å². The fourth-order valence-electron chi connectivity index (χ4n) is 12.0. The summed E-state index contributed by atoms with van der Waals surface area (Å²) in [4.78, 5) is 2.59. The SMILES string of the molecule is CC1(C)CCC(C)(C)c2c(N(c3ccccc3)c3ccc4c(c3)-c3cc(-c5ccccc5)ccc3C43C4CC5CC(C4)CC3C5)cccc21. The maximum absolute atomic E-state index is 2.59. The normalized spacial score (nSPS) is 27.8. The van der Waals surface area contributed by atoms with Gasteiger partial charge in [0.05, 0.1) is 5.69 Å². The van der Waals surface area contributed by atoms with Crippen molar-refractivity contribution in [3.8, 4) is 22.3 Å². The molecule has 5 aromatic rings. The molecular weight excluding hydrogens is 591 g/mol. The molecule has 49 heavy (non-hydrogen) atoms. The average molecular weight is 640 g/mol. The Balaban J connectivity index is 1.21. The topological polar surface area (TPSA) is 3.24 Å². The van der Waals surface area contributed by atoms with Crippen molar-refractivity contribution in [1.29, 1.82) is 0 Å². The molecule has 1 spiro atoms. The van der Waals surface area contributed by atoms with E-state index in [-0.39, 0.29) is 16.2 Å². The minimum atomic E-state index is 0.0901. The Morgan fingerprint density at radius 3 is 1.80 bits per heavy atom. The monoisotopic (exact) mass is 639 g/mol. The molecule has 4 bridgehead atoms. The smallest absolute Gasteiger partial charge is 0.0502 e. The van der Waals surface area contributed by atoms with Gasteiger partial charge in [-0.05, 0) is 160 Å². The zero-order valence-electron chi connectivity index (χ0n) is 29.7. The molecule has 11 rings (SSSR count). The minimum absolute atomic E-state index is 0.0901. The van der Waals surface area contributed by atoms with Crippen molar-refractivity contribution in [2.45, 2.75) is 88.9 Å². The van der Waals surface area contributed by atoms with E-state index in [9.17, 15) is 0 Å². The van der Waals surface area contributed by atoms with Gasteiger partial charge in [0.25, 0.3) is 0 Å². The van der Waals surface area contributed by atoms with Crippen LogP contribution >= 0.6 is 0 Å². The second kappa shape index (κ2) is 10.5. The summed E-state index contributed by atoms with van der Waals surface area (Å²) in [6, 6.07) is 44.5. The molecule has 6 aliphatic carbocycles. The van der Waals surface area contributed by atoms with Crippen LogP contribution in [0.3, 0.4) is 0 Å². The Kier molecular flexibility index (Phi) is 6.36. The predicted molar refractivity (Wildman–Crippen MR) is 205 cm³/mol. The molecule has 0 atom stereocenters. The highest BCUT2D eigenvalue weighted by atomic mass is 15.1. The number of para-hydroxylation sites is 1. The minimum Gasteiger partial charge on any atom is -0.310 e. The summed E-state index contributed by atoms with van der Waals surface area (Å²) in [5.74, 6) is 3.39. The highest BCUT2D eigenvalue weighted by Crippen LogP contribution is 2.70. The van der Waals surface area contributed by atoms with Gasteiger partial charge in [0, 0.05) is 16.8 Å². The number of benzene rings is 5. The molecule has 4 saturated carbocycles. The molecule has 246 valence electrons. The summed E-state index contributed by atoms with van der Waals surface area (Å²) in [5, 5.41) is 0. The number of rotatable bonds is 4. The molecular formula is C48H49N. The van der Waals surface area contributed by atoms with Crippen LogP contribution in [0, 0.1) is 23.7 Å². The molecule has 5 aromatic carbocycles. The van der Waals surface area contributed by atoms with E-state index in [0.717, 1.165) is 23.7 Å². The van der Waals surface area contributed by atoms with Gasteiger partial charge >= 0.3 is 0 Å². The van der Waals surface area contributed by atoms with E-state index in [4.69, 9.17) is 0 Å². The van der Waals surface area contributed by atoms with Crippen molar-refractivity contribution in [2.24, 2.45) is 23.7 Å². The van der Waals surface area contributed by atoms with Gasteiger partial charge < -0.3 is 4.90 Å². The quantitative estimate of drug-likeness (QED) is 0.189. The second-order valence-corrected chi connectivity index (χ2v) is 17.7. The molecule has 0 radical (unpaired) electrons. The number of nitrogens with zero attached hydrogens (tertiary/aromatic N) is 1. The maximum atomic E-state index is 2.59. The largest absolute Gasteiger partial charge is 0.310 e. The van der Waals surface area contributed by atoms with Crippen molar-refractivity contribution < 1.29 is 0 Å². The van der Waals surface area contributed by atoms with Crippen LogP contribution in [0.5, 0.6) is 0 Å². The van der Waals surface area contributed by atoms with Gasteiger partial charge in [-0.25, -0.2) is 0 Å². The summed E-state index contributed by atoms with van der Waals surface area (Å²) < 4.78 is 0. The highest BCUT2D eigenvalue weighted by Gasteiger charge is 2.61. The van der Waals surface area contributed by atoms with Crippen LogP contribution in [0.1, 0.15) is 94.9 Å². The Morgan fingerprint density at radius 2 is 1.10 bits per heavy atom. The third kappa shape index (κ3) is 4.24. The highest BCUT2D eigenvalue weighted by molar-refractivity contribution is 5.90. The maximum Gasteiger partial charge on any atom is 0.0502 e. The van der Waals surface area contributed by atoms with E-state index >= 15 is 0 Å².